The summed E-state index contributed by atoms with van der Waals surface area (Å²) in [5, 5.41) is 2.70. The molecule has 0 aliphatic heterocycles. The maximum Gasteiger partial charge on any atom is 0.407 e. The van der Waals surface area contributed by atoms with Crippen molar-refractivity contribution in [2.45, 2.75) is 45.6 Å². The summed E-state index contributed by atoms with van der Waals surface area (Å²) in [4.78, 5) is 28.1. The van der Waals surface area contributed by atoms with Crippen LogP contribution in [0.2, 0.25) is 0 Å². The number of ketones is 1. The van der Waals surface area contributed by atoms with Gasteiger partial charge >= 0.3 is 6.09 Å². The van der Waals surface area contributed by atoms with Crippen molar-refractivity contribution in [1.29, 1.82) is 0 Å². The summed E-state index contributed by atoms with van der Waals surface area (Å²) in [6, 6.07) is 3.62. The van der Waals surface area contributed by atoms with Crippen molar-refractivity contribution in [2.24, 2.45) is 5.92 Å². The number of hydrogen-bond donors (Lipinski definition) is 1. The van der Waals surface area contributed by atoms with Crippen LogP contribution in [0.15, 0.2) is 18.3 Å². The van der Waals surface area contributed by atoms with Gasteiger partial charge in [-0.3, -0.25) is 9.78 Å². The van der Waals surface area contributed by atoms with Crippen LogP contribution in [-0.4, -0.2) is 29.0 Å². The van der Waals surface area contributed by atoms with Gasteiger partial charge < -0.3 is 10.1 Å². The number of alkyl carbamates (subject to hydrolysis) is 1. The highest BCUT2D eigenvalue weighted by molar-refractivity contribution is 5.99. The lowest BCUT2D eigenvalue weighted by molar-refractivity contribution is 0.0521. The van der Waals surface area contributed by atoms with Crippen molar-refractivity contribution < 1.29 is 14.3 Å². The molecular weight excluding hydrogens is 268 g/mol. The first-order valence-corrected chi connectivity index (χ1v) is 7.32. The predicted octanol–water partition coefficient (Wildman–Crippen LogP) is 2.74. The minimum absolute atomic E-state index is 0.0448. The first kappa shape index (κ1) is 15.5. The first-order chi connectivity index (χ1) is 9.87. The number of rotatable bonds is 3. The Kier molecular flexibility index (Phi) is 4.60. The van der Waals surface area contributed by atoms with E-state index < -0.39 is 11.7 Å². The van der Waals surface area contributed by atoms with Gasteiger partial charge in [0.05, 0.1) is 5.69 Å². The number of nitrogens with one attached hydrogen (secondary N) is 1. The van der Waals surface area contributed by atoms with Crippen LogP contribution in [-0.2, 0) is 11.2 Å². The largest absolute Gasteiger partial charge is 0.444 e. The Labute approximate surface area is 125 Å². The highest BCUT2D eigenvalue weighted by Crippen LogP contribution is 2.25. The lowest BCUT2D eigenvalue weighted by Crippen LogP contribution is -2.34. The monoisotopic (exact) mass is 290 g/mol. The van der Waals surface area contributed by atoms with Crippen molar-refractivity contribution in [3.8, 4) is 0 Å². The van der Waals surface area contributed by atoms with E-state index in [0.717, 1.165) is 24.1 Å². The van der Waals surface area contributed by atoms with Crippen LogP contribution in [0.1, 0.15) is 49.7 Å². The quantitative estimate of drug-likeness (QED) is 0.929. The molecule has 1 amide bonds. The van der Waals surface area contributed by atoms with Gasteiger partial charge in [0.15, 0.2) is 5.78 Å². The number of aryl methyl sites for hydroxylation is 1. The van der Waals surface area contributed by atoms with E-state index in [9.17, 15) is 9.59 Å². The molecule has 0 saturated carbocycles. The molecular formula is C16H22N2O3. The number of nitrogens with zero attached hydrogens (tertiary/aromatic N) is 1. The summed E-state index contributed by atoms with van der Waals surface area (Å²) in [5.74, 6) is 0.0898. The maximum absolute atomic E-state index is 12.3. The number of carbonyl (C=O) groups is 2. The highest BCUT2D eigenvalue weighted by Gasteiger charge is 2.27. The maximum atomic E-state index is 12.3. The zero-order valence-corrected chi connectivity index (χ0v) is 12.8. The normalized spacial score (nSPS) is 18.0. The van der Waals surface area contributed by atoms with Crippen LogP contribution >= 0.6 is 0 Å². The number of aromatic nitrogens is 1. The van der Waals surface area contributed by atoms with Gasteiger partial charge in [-0.1, -0.05) is 0 Å². The van der Waals surface area contributed by atoms with Crippen molar-refractivity contribution in [2.75, 3.05) is 6.54 Å². The van der Waals surface area contributed by atoms with Crippen LogP contribution in [0, 0.1) is 5.92 Å². The molecule has 1 aliphatic carbocycles. The average Bonchev–Trinajstić information content (AvgIpc) is 2.40. The minimum atomic E-state index is -0.505. The van der Waals surface area contributed by atoms with Gasteiger partial charge in [-0.2, -0.15) is 0 Å². The number of fused-ring (bicyclic) bond motifs is 1. The molecule has 1 heterocycles. The van der Waals surface area contributed by atoms with Crippen LogP contribution in [0.5, 0.6) is 0 Å². The Morgan fingerprint density at radius 1 is 1.48 bits per heavy atom. The van der Waals surface area contributed by atoms with E-state index in [4.69, 9.17) is 4.74 Å². The summed E-state index contributed by atoms with van der Waals surface area (Å²) in [6.45, 7) is 5.91. The Balaban J connectivity index is 1.83. The fourth-order valence-corrected chi connectivity index (χ4v) is 2.46. The van der Waals surface area contributed by atoms with Gasteiger partial charge in [0, 0.05) is 24.2 Å². The Morgan fingerprint density at radius 3 is 2.95 bits per heavy atom. The molecule has 5 heteroatoms. The molecule has 1 atom stereocenters. The zero-order valence-electron chi connectivity index (χ0n) is 12.8. The van der Waals surface area contributed by atoms with E-state index >= 15 is 0 Å². The lowest BCUT2D eigenvalue weighted by Gasteiger charge is -2.23. The van der Waals surface area contributed by atoms with Crippen LogP contribution in [0.3, 0.4) is 0 Å². The Morgan fingerprint density at radius 2 is 2.24 bits per heavy atom. The molecule has 5 nitrogen and oxygen atoms in total. The van der Waals surface area contributed by atoms with Gasteiger partial charge in [0.2, 0.25) is 0 Å². The fourth-order valence-electron chi connectivity index (χ4n) is 2.46. The van der Waals surface area contributed by atoms with Gasteiger partial charge in [0.1, 0.15) is 5.60 Å². The molecule has 114 valence electrons. The topological polar surface area (TPSA) is 68.3 Å². The second kappa shape index (κ2) is 6.24. The third-order valence-corrected chi connectivity index (χ3v) is 3.42. The molecule has 0 fully saturated rings. The fraction of sp³-hybridized carbons (Fsp3) is 0.562. The van der Waals surface area contributed by atoms with Gasteiger partial charge in [-0.05, 0) is 52.2 Å². The molecule has 0 bridgehead atoms. The summed E-state index contributed by atoms with van der Waals surface area (Å²) in [7, 11) is 0. The molecule has 0 saturated heterocycles. The Hall–Kier alpha value is -1.91. The molecule has 1 aromatic rings. The number of pyridine rings is 1. The van der Waals surface area contributed by atoms with Crippen LogP contribution < -0.4 is 5.32 Å². The smallest absolute Gasteiger partial charge is 0.407 e. The first-order valence-electron chi connectivity index (χ1n) is 7.32. The van der Waals surface area contributed by atoms with Gasteiger partial charge in [-0.25, -0.2) is 4.79 Å². The predicted molar refractivity (Wildman–Crippen MR) is 79.2 cm³/mol. The van der Waals surface area contributed by atoms with Crippen molar-refractivity contribution in [3.05, 3.63) is 29.6 Å². The van der Waals surface area contributed by atoms with E-state index in [1.807, 2.05) is 26.8 Å². The summed E-state index contributed by atoms with van der Waals surface area (Å²) < 4.78 is 5.17. The number of ether oxygens (including phenoxy) is 1. The average molecular weight is 290 g/mol. The van der Waals surface area contributed by atoms with Gasteiger partial charge in [-0.15, -0.1) is 0 Å². The molecule has 21 heavy (non-hydrogen) atoms. The molecule has 2 rings (SSSR count). The molecule has 0 spiro atoms. The second-order valence-electron chi connectivity index (χ2n) is 6.31. The third kappa shape index (κ3) is 4.28. The van der Waals surface area contributed by atoms with E-state index in [1.54, 1.807) is 12.3 Å². The number of carbonyl (C=O) groups excluding carboxylic acids is 2. The van der Waals surface area contributed by atoms with E-state index in [0.29, 0.717) is 13.0 Å². The standard InChI is InChI=1S/C16H22N2O3/c1-16(2,3)21-15(20)18-10-8-11-6-7-13-12(14(11)19)5-4-9-17-13/h4-5,9,11H,6-8,10H2,1-3H3,(H,18,20). The van der Waals surface area contributed by atoms with Crippen LogP contribution in [0.25, 0.3) is 0 Å². The highest BCUT2D eigenvalue weighted by atomic mass is 16.6. The molecule has 1 aromatic heterocycles. The molecule has 0 radical (unpaired) electrons. The Bertz CT molecular complexity index is 535. The van der Waals surface area contributed by atoms with E-state index in [2.05, 4.69) is 10.3 Å². The molecule has 1 aliphatic rings. The second-order valence-corrected chi connectivity index (χ2v) is 6.31. The van der Waals surface area contributed by atoms with Crippen molar-refractivity contribution in [3.63, 3.8) is 0 Å². The lowest BCUT2D eigenvalue weighted by atomic mass is 9.83. The van der Waals surface area contributed by atoms with Crippen molar-refractivity contribution >= 4 is 11.9 Å². The molecule has 1 unspecified atom stereocenters. The zero-order chi connectivity index (χ0) is 15.5. The van der Waals surface area contributed by atoms with Crippen molar-refractivity contribution in [1.82, 2.24) is 10.3 Å². The van der Waals surface area contributed by atoms with E-state index in [-0.39, 0.29) is 11.7 Å². The minimum Gasteiger partial charge on any atom is -0.444 e. The molecule has 0 aromatic carbocycles. The third-order valence-electron chi connectivity index (χ3n) is 3.42. The number of hydrogen-bond acceptors (Lipinski definition) is 4. The molecule has 1 N–H and O–H groups in total. The number of Topliss-reactive ketones (excluding diaryl/α,β-unsaturated/α-hetero) is 1. The SMILES string of the molecule is CC(C)(C)OC(=O)NCCC1CCc2ncccc2C1=O. The summed E-state index contributed by atoms with van der Waals surface area (Å²) in [6.07, 6.45) is 3.52. The van der Waals surface area contributed by atoms with Gasteiger partial charge in [0.25, 0.3) is 0 Å². The summed E-state index contributed by atoms with van der Waals surface area (Å²) in [5.41, 5.74) is 1.11. The summed E-state index contributed by atoms with van der Waals surface area (Å²) >= 11 is 0. The number of amides is 1. The van der Waals surface area contributed by atoms with Crippen LogP contribution in [0.4, 0.5) is 4.79 Å². The van der Waals surface area contributed by atoms with E-state index in [1.165, 1.54) is 0 Å².